The summed E-state index contributed by atoms with van der Waals surface area (Å²) in [5.74, 6) is 5.99. The topological polar surface area (TPSA) is 136 Å². The quantitative estimate of drug-likeness (QED) is 0.328. The Morgan fingerprint density at radius 2 is 1.77 bits per heavy atom. The second-order valence-corrected chi connectivity index (χ2v) is 9.19. The maximum absolute atomic E-state index is 12.4. The molecule has 0 radical (unpaired) electrons. The number of anilines is 2. The zero-order chi connectivity index (χ0) is 28.3. The Balaban J connectivity index is 1.51. The molecule has 4 rings (SSSR count). The van der Waals surface area contributed by atoms with Crippen LogP contribution in [-0.2, 0) is 9.53 Å². The van der Waals surface area contributed by atoms with Gasteiger partial charge in [-0.15, -0.1) is 0 Å². The number of benzene rings is 2. The molecule has 0 bridgehead atoms. The fourth-order valence-corrected chi connectivity index (χ4v) is 4.12. The fourth-order valence-electron chi connectivity index (χ4n) is 4.12. The third kappa shape index (κ3) is 7.78. The van der Waals surface area contributed by atoms with Crippen molar-refractivity contribution in [2.45, 2.75) is 20.3 Å². The van der Waals surface area contributed by atoms with Gasteiger partial charge in [0.15, 0.2) is 0 Å². The molecule has 0 atom stereocenters. The summed E-state index contributed by atoms with van der Waals surface area (Å²) < 4.78 is 11.5. The van der Waals surface area contributed by atoms with Gasteiger partial charge in [-0.3, -0.25) is 9.69 Å². The Hall–Kier alpha value is -4.95. The molecule has 1 aromatic heterocycles. The number of amides is 1. The van der Waals surface area contributed by atoms with Gasteiger partial charge in [0, 0.05) is 31.2 Å². The van der Waals surface area contributed by atoms with E-state index < -0.39 is 5.91 Å². The van der Waals surface area contributed by atoms with Crippen LogP contribution in [0.4, 0.5) is 11.6 Å². The van der Waals surface area contributed by atoms with Crippen LogP contribution in [0.1, 0.15) is 34.2 Å². The molecule has 0 unspecified atom stereocenters. The smallest absolute Gasteiger partial charge is 0.296 e. The van der Waals surface area contributed by atoms with E-state index in [0.29, 0.717) is 34.7 Å². The summed E-state index contributed by atoms with van der Waals surface area (Å²) in [4.78, 5) is 23.6. The van der Waals surface area contributed by atoms with Gasteiger partial charge in [0.25, 0.3) is 5.91 Å². The van der Waals surface area contributed by atoms with E-state index in [0.717, 1.165) is 50.4 Å². The molecule has 0 saturated carbocycles. The molecule has 1 amide bonds. The van der Waals surface area contributed by atoms with Gasteiger partial charge in [-0.25, -0.2) is 4.98 Å². The van der Waals surface area contributed by atoms with Crippen LogP contribution in [0.25, 0.3) is 0 Å². The average Bonchev–Trinajstić information content (AvgIpc) is 2.97. The molecule has 2 heterocycles. The van der Waals surface area contributed by atoms with Gasteiger partial charge < -0.3 is 20.1 Å². The van der Waals surface area contributed by atoms with E-state index in [1.54, 1.807) is 36.4 Å². The first-order chi connectivity index (χ1) is 19.4. The zero-order valence-corrected chi connectivity index (χ0v) is 22.5. The van der Waals surface area contributed by atoms with Crippen molar-refractivity contribution in [2.75, 3.05) is 44.7 Å². The van der Waals surface area contributed by atoms with Crippen LogP contribution in [0.5, 0.6) is 11.6 Å². The number of aromatic nitrogens is 2. The summed E-state index contributed by atoms with van der Waals surface area (Å²) in [5, 5.41) is 24.2. The molecule has 2 N–H and O–H groups in total. The molecular weight excluding hydrogens is 506 g/mol. The number of nitrogens with zero attached hydrogens (tertiary/aromatic N) is 5. The summed E-state index contributed by atoms with van der Waals surface area (Å²) in [6.45, 7) is 8.39. The van der Waals surface area contributed by atoms with E-state index >= 15 is 0 Å². The Morgan fingerprint density at radius 1 is 1.07 bits per heavy atom. The minimum atomic E-state index is -0.404. The summed E-state index contributed by atoms with van der Waals surface area (Å²) in [5.41, 5.74) is 3.59. The van der Waals surface area contributed by atoms with Crippen LogP contribution in [0.2, 0.25) is 0 Å². The van der Waals surface area contributed by atoms with Crippen molar-refractivity contribution in [2.24, 2.45) is 0 Å². The van der Waals surface area contributed by atoms with E-state index in [9.17, 15) is 10.1 Å². The largest absolute Gasteiger partial charge is 0.437 e. The second-order valence-electron chi connectivity index (χ2n) is 9.19. The Labute approximate surface area is 233 Å². The number of aryl methyl sites for hydroxylation is 2. The fraction of sp³-hybridized carbons (Fsp3) is 0.300. The molecule has 1 aliphatic rings. The second kappa shape index (κ2) is 13.7. The van der Waals surface area contributed by atoms with Crippen molar-refractivity contribution in [3.63, 3.8) is 0 Å². The third-order valence-corrected chi connectivity index (χ3v) is 6.16. The highest BCUT2D eigenvalue weighted by Gasteiger charge is 2.14. The first-order valence-electron chi connectivity index (χ1n) is 12.9. The minimum Gasteiger partial charge on any atom is -0.437 e. The molecule has 1 saturated heterocycles. The molecule has 2 aromatic carbocycles. The van der Waals surface area contributed by atoms with E-state index in [4.69, 9.17) is 14.7 Å². The van der Waals surface area contributed by atoms with E-state index in [-0.39, 0.29) is 11.8 Å². The van der Waals surface area contributed by atoms with Gasteiger partial charge in [0.05, 0.1) is 42.7 Å². The van der Waals surface area contributed by atoms with E-state index in [1.165, 1.54) is 6.20 Å². The van der Waals surface area contributed by atoms with Gasteiger partial charge >= 0.3 is 0 Å². The highest BCUT2D eigenvalue weighted by Crippen LogP contribution is 2.31. The molecular formula is C30H29N7O3. The van der Waals surface area contributed by atoms with Gasteiger partial charge in [-0.1, -0.05) is 0 Å². The SMILES string of the molecule is Cc1cc(C#N)cc(C)c1Oc1nc(Nc2ccc(C#N)cc2)ncc1C#CC(=O)NCCCN1CCOCC1. The lowest BCUT2D eigenvalue weighted by atomic mass is 10.1. The van der Waals surface area contributed by atoms with E-state index in [1.807, 2.05) is 13.8 Å². The van der Waals surface area contributed by atoms with Crippen molar-refractivity contribution < 1.29 is 14.3 Å². The first kappa shape index (κ1) is 28.1. The first-order valence-corrected chi connectivity index (χ1v) is 12.9. The number of hydrogen-bond donors (Lipinski definition) is 2. The molecule has 202 valence electrons. The lowest BCUT2D eigenvalue weighted by Crippen LogP contribution is -2.38. The number of ether oxygens (including phenoxy) is 2. The molecule has 0 spiro atoms. The number of nitriles is 2. The molecule has 10 nitrogen and oxygen atoms in total. The predicted molar refractivity (Wildman–Crippen MR) is 149 cm³/mol. The van der Waals surface area contributed by atoms with Crippen LogP contribution in [0.3, 0.4) is 0 Å². The molecule has 3 aromatic rings. The number of carbonyl (C=O) groups excluding carboxylic acids is 1. The van der Waals surface area contributed by atoms with Crippen molar-refractivity contribution in [1.82, 2.24) is 20.2 Å². The van der Waals surface area contributed by atoms with Crippen LogP contribution < -0.4 is 15.4 Å². The average molecular weight is 536 g/mol. The highest BCUT2D eigenvalue weighted by molar-refractivity contribution is 5.94. The summed E-state index contributed by atoms with van der Waals surface area (Å²) in [6.07, 6.45) is 2.30. The van der Waals surface area contributed by atoms with Crippen LogP contribution in [0, 0.1) is 48.4 Å². The Bertz CT molecular complexity index is 1480. The normalized spacial score (nSPS) is 12.8. The van der Waals surface area contributed by atoms with Gasteiger partial charge in [-0.05, 0) is 80.3 Å². The van der Waals surface area contributed by atoms with Gasteiger partial charge in [0.2, 0.25) is 11.8 Å². The number of hydrogen-bond acceptors (Lipinski definition) is 9. The summed E-state index contributed by atoms with van der Waals surface area (Å²) in [7, 11) is 0. The summed E-state index contributed by atoms with van der Waals surface area (Å²) >= 11 is 0. The number of morpholine rings is 1. The van der Waals surface area contributed by atoms with Crippen molar-refractivity contribution in [1.29, 1.82) is 10.5 Å². The maximum Gasteiger partial charge on any atom is 0.296 e. The standard InChI is InChI=1S/C30H29N7O3/c1-21-16-24(19-32)17-22(2)28(21)40-29-25(6-9-27(38)33-10-3-11-37-12-14-39-15-13-37)20-34-30(36-29)35-26-7-4-23(18-31)5-8-26/h4-5,7-8,16-17,20H,3,10-15H2,1-2H3,(H,33,38)(H,34,35,36). The lowest BCUT2D eigenvalue weighted by Gasteiger charge is -2.26. The molecule has 10 heteroatoms. The van der Waals surface area contributed by atoms with Crippen LogP contribution in [-0.4, -0.2) is 60.2 Å². The van der Waals surface area contributed by atoms with Crippen molar-refractivity contribution in [3.05, 3.63) is 70.4 Å². The van der Waals surface area contributed by atoms with Gasteiger partial charge in [-0.2, -0.15) is 15.5 Å². The number of carbonyl (C=O) groups is 1. The number of rotatable bonds is 8. The molecule has 0 aliphatic carbocycles. The zero-order valence-electron chi connectivity index (χ0n) is 22.5. The van der Waals surface area contributed by atoms with Crippen molar-refractivity contribution in [3.8, 4) is 35.6 Å². The minimum absolute atomic E-state index is 0.162. The van der Waals surface area contributed by atoms with E-state index in [2.05, 4.69) is 49.5 Å². The van der Waals surface area contributed by atoms with Crippen molar-refractivity contribution >= 4 is 17.5 Å². The Morgan fingerprint density at radius 3 is 2.45 bits per heavy atom. The summed E-state index contributed by atoms with van der Waals surface area (Å²) in [6, 6.07) is 14.5. The lowest BCUT2D eigenvalue weighted by molar-refractivity contribution is -0.115. The third-order valence-electron chi connectivity index (χ3n) is 6.16. The molecule has 1 aliphatic heterocycles. The van der Waals surface area contributed by atoms with Crippen LogP contribution in [0.15, 0.2) is 42.6 Å². The predicted octanol–water partition coefficient (Wildman–Crippen LogP) is 3.56. The molecule has 40 heavy (non-hydrogen) atoms. The Kier molecular flexibility index (Phi) is 9.63. The molecule has 1 fully saturated rings. The highest BCUT2D eigenvalue weighted by atomic mass is 16.5. The van der Waals surface area contributed by atoms with Gasteiger partial charge in [0.1, 0.15) is 11.3 Å². The van der Waals surface area contributed by atoms with Crippen LogP contribution >= 0.6 is 0 Å². The number of nitrogens with one attached hydrogen (secondary N) is 2. The maximum atomic E-state index is 12.4. The monoisotopic (exact) mass is 535 g/mol.